The number of carbonyl (C=O) groups is 1. The van der Waals surface area contributed by atoms with Crippen LogP contribution >= 0.6 is 11.6 Å². The third-order valence-corrected chi connectivity index (χ3v) is 4.67. The summed E-state index contributed by atoms with van der Waals surface area (Å²) < 4.78 is 16.1. The largest absolute Gasteiger partial charge is 0.355 e. The summed E-state index contributed by atoms with van der Waals surface area (Å²) in [6, 6.07) is 7.78. The van der Waals surface area contributed by atoms with Crippen LogP contribution in [0, 0.1) is 5.82 Å². The van der Waals surface area contributed by atoms with Gasteiger partial charge in [-0.2, -0.15) is 5.10 Å². The molecule has 0 saturated heterocycles. The Morgan fingerprint density at radius 1 is 1.27 bits per heavy atom. The number of aromatic nitrogens is 3. The molecule has 10 heteroatoms. The number of carbonyl (C=O) groups excluding carboxylic acids is 1. The SMILES string of the molecule is CNC(=O)c1cccc(F)c1Nc1ccnc(Nc2cc(CN(C)C)nn2C)c1Cl. The molecule has 0 aliphatic carbocycles. The zero-order valence-electron chi connectivity index (χ0n) is 17.1. The molecule has 3 N–H and O–H groups in total. The van der Waals surface area contributed by atoms with E-state index >= 15 is 0 Å². The number of halogens is 2. The smallest absolute Gasteiger partial charge is 0.253 e. The third-order valence-electron chi connectivity index (χ3n) is 4.29. The van der Waals surface area contributed by atoms with E-state index in [-0.39, 0.29) is 16.3 Å². The van der Waals surface area contributed by atoms with Gasteiger partial charge >= 0.3 is 0 Å². The number of rotatable bonds is 7. The highest BCUT2D eigenvalue weighted by molar-refractivity contribution is 6.35. The molecule has 1 aromatic carbocycles. The highest BCUT2D eigenvalue weighted by Gasteiger charge is 2.17. The highest BCUT2D eigenvalue weighted by Crippen LogP contribution is 2.34. The molecule has 8 nitrogen and oxygen atoms in total. The van der Waals surface area contributed by atoms with Crippen LogP contribution in [-0.4, -0.2) is 46.7 Å². The Kier molecular flexibility index (Phi) is 6.53. The van der Waals surface area contributed by atoms with Crippen molar-refractivity contribution in [2.75, 3.05) is 31.8 Å². The fourth-order valence-corrected chi connectivity index (χ4v) is 3.11. The Hall–Kier alpha value is -3.17. The first-order chi connectivity index (χ1) is 14.3. The number of anilines is 4. The van der Waals surface area contributed by atoms with Gasteiger partial charge in [0.1, 0.15) is 16.7 Å². The Balaban J connectivity index is 1.90. The lowest BCUT2D eigenvalue weighted by Gasteiger charge is -2.15. The summed E-state index contributed by atoms with van der Waals surface area (Å²) >= 11 is 6.52. The molecule has 0 bridgehead atoms. The lowest BCUT2D eigenvalue weighted by atomic mass is 10.1. The van der Waals surface area contributed by atoms with Crippen LogP contribution in [0.25, 0.3) is 0 Å². The summed E-state index contributed by atoms with van der Waals surface area (Å²) in [5.74, 6) is 0.0940. The molecule has 0 atom stereocenters. The Labute approximate surface area is 179 Å². The second-order valence-corrected chi connectivity index (χ2v) is 7.27. The molecule has 0 unspecified atom stereocenters. The number of hydrogen-bond acceptors (Lipinski definition) is 6. The van der Waals surface area contributed by atoms with Gasteiger partial charge in [0.05, 0.1) is 22.6 Å². The van der Waals surface area contributed by atoms with Crippen LogP contribution in [-0.2, 0) is 13.6 Å². The molecule has 2 aromatic heterocycles. The Morgan fingerprint density at radius 2 is 2.03 bits per heavy atom. The molecule has 2 heterocycles. The van der Waals surface area contributed by atoms with Crippen LogP contribution in [0.1, 0.15) is 16.1 Å². The van der Waals surface area contributed by atoms with Gasteiger partial charge < -0.3 is 20.9 Å². The molecule has 0 aliphatic heterocycles. The minimum absolute atomic E-state index is 0.0321. The van der Waals surface area contributed by atoms with Crippen molar-refractivity contribution in [2.45, 2.75) is 6.54 Å². The molecule has 0 fully saturated rings. The summed E-state index contributed by atoms with van der Waals surface area (Å²) in [4.78, 5) is 18.4. The molecule has 0 aliphatic rings. The van der Waals surface area contributed by atoms with Crippen molar-refractivity contribution in [1.29, 1.82) is 0 Å². The average molecular weight is 432 g/mol. The van der Waals surface area contributed by atoms with Crippen molar-refractivity contribution >= 4 is 40.5 Å². The first kappa shape index (κ1) is 21.5. The molecular weight excluding hydrogens is 409 g/mol. The standard InChI is InChI=1S/C20H23ClFN7O/c1-23-20(30)13-6-5-7-14(22)18(13)25-15-8-9-24-19(17(15)21)26-16-10-12(11-28(2)3)27-29(16)4/h5-10H,11H2,1-4H3,(H,23,30)(H2,24,25,26). The van der Waals surface area contributed by atoms with E-state index in [1.165, 1.54) is 31.4 Å². The number of benzene rings is 1. The number of amides is 1. The first-order valence-corrected chi connectivity index (χ1v) is 9.54. The van der Waals surface area contributed by atoms with Crippen molar-refractivity contribution in [3.8, 4) is 0 Å². The van der Waals surface area contributed by atoms with Gasteiger partial charge in [0.2, 0.25) is 0 Å². The van der Waals surface area contributed by atoms with E-state index in [9.17, 15) is 9.18 Å². The molecule has 0 radical (unpaired) electrons. The van der Waals surface area contributed by atoms with E-state index in [0.717, 1.165) is 5.69 Å². The Morgan fingerprint density at radius 3 is 2.73 bits per heavy atom. The predicted octanol–water partition coefficient (Wildman–Crippen LogP) is 3.52. The topological polar surface area (TPSA) is 87.1 Å². The quantitative estimate of drug-likeness (QED) is 0.530. The van der Waals surface area contributed by atoms with Gasteiger partial charge in [0.15, 0.2) is 5.82 Å². The molecule has 30 heavy (non-hydrogen) atoms. The van der Waals surface area contributed by atoms with Crippen LogP contribution in [0.4, 0.5) is 27.4 Å². The maximum Gasteiger partial charge on any atom is 0.253 e. The maximum atomic E-state index is 14.4. The van der Waals surface area contributed by atoms with E-state index < -0.39 is 11.7 Å². The fraction of sp³-hybridized carbons (Fsp3) is 0.250. The molecule has 0 saturated carbocycles. The molecule has 3 rings (SSSR count). The first-order valence-electron chi connectivity index (χ1n) is 9.17. The van der Waals surface area contributed by atoms with Gasteiger partial charge in [0.25, 0.3) is 5.91 Å². The Bertz CT molecular complexity index is 1070. The highest BCUT2D eigenvalue weighted by atomic mass is 35.5. The normalized spacial score (nSPS) is 10.9. The zero-order valence-corrected chi connectivity index (χ0v) is 17.9. The molecular formula is C20H23ClFN7O. The van der Waals surface area contributed by atoms with E-state index in [1.54, 1.807) is 10.7 Å². The number of nitrogens with one attached hydrogen (secondary N) is 3. The average Bonchev–Trinajstić information content (AvgIpc) is 3.03. The van der Waals surface area contributed by atoms with Gasteiger partial charge in [-0.3, -0.25) is 9.48 Å². The van der Waals surface area contributed by atoms with Gasteiger partial charge in [-0.1, -0.05) is 17.7 Å². The number of para-hydroxylation sites is 1. The van der Waals surface area contributed by atoms with Gasteiger partial charge in [-0.25, -0.2) is 9.37 Å². The molecule has 3 aromatic rings. The van der Waals surface area contributed by atoms with E-state index in [1.807, 2.05) is 32.1 Å². The van der Waals surface area contributed by atoms with Crippen LogP contribution < -0.4 is 16.0 Å². The van der Waals surface area contributed by atoms with Crippen molar-refractivity contribution in [3.63, 3.8) is 0 Å². The second-order valence-electron chi connectivity index (χ2n) is 6.89. The number of aryl methyl sites for hydroxylation is 1. The minimum Gasteiger partial charge on any atom is -0.355 e. The van der Waals surface area contributed by atoms with Crippen molar-refractivity contribution in [1.82, 2.24) is 25.0 Å². The van der Waals surface area contributed by atoms with Gasteiger partial charge in [-0.15, -0.1) is 0 Å². The van der Waals surface area contributed by atoms with Crippen LogP contribution in [0.2, 0.25) is 5.02 Å². The monoisotopic (exact) mass is 431 g/mol. The lowest BCUT2D eigenvalue weighted by molar-refractivity contribution is 0.0963. The molecule has 1 amide bonds. The summed E-state index contributed by atoms with van der Waals surface area (Å²) in [5.41, 5.74) is 1.49. The fourth-order valence-electron chi connectivity index (χ4n) is 2.90. The van der Waals surface area contributed by atoms with Crippen molar-refractivity contribution in [2.24, 2.45) is 7.05 Å². The van der Waals surface area contributed by atoms with E-state index in [4.69, 9.17) is 11.6 Å². The molecule has 158 valence electrons. The third kappa shape index (κ3) is 4.69. The lowest BCUT2D eigenvalue weighted by Crippen LogP contribution is -2.19. The van der Waals surface area contributed by atoms with Crippen molar-refractivity contribution < 1.29 is 9.18 Å². The van der Waals surface area contributed by atoms with Crippen LogP contribution in [0.3, 0.4) is 0 Å². The molecule has 0 spiro atoms. The number of nitrogens with zero attached hydrogens (tertiary/aromatic N) is 4. The summed E-state index contributed by atoms with van der Waals surface area (Å²) in [7, 11) is 7.22. The van der Waals surface area contributed by atoms with E-state index in [2.05, 4.69) is 26.0 Å². The van der Waals surface area contributed by atoms with Crippen LogP contribution in [0.5, 0.6) is 0 Å². The zero-order chi connectivity index (χ0) is 21.8. The van der Waals surface area contributed by atoms with Crippen molar-refractivity contribution in [3.05, 3.63) is 58.6 Å². The number of pyridine rings is 1. The summed E-state index contributed by atoms with van der Waals surface area (Å²) in [5, 5.41) is 13.3. The van der Waals surface area contributed by atoms with Gasteiger partial charge in [-0.05, 0) is 32.3 Å². The number of hydrogen-bond donors (Lipinski definition) is 3. The predicted molar refractivity (Wildman–Crippen MR) is 116 cm³/mol. The second kappa shape index (κ2) is 9.10. The summed E-state index contributed by atoms with van der Waals surface area (Å²) in [6.07, 6.45) is 1.54. The van der Waals surface area contributed by atoms with E-state index in [0.29, 0.717) is 23.9 Å². The van der Waals surface area contributed by atoms with Gasteiger partial charge in [0, 0.05) is 32.9 Å². The maximum absolute atomic E-state index is 14.4. The summed E-state index contributed by atoms with van der Waals surface area (Å²) in [6.45, 7) is 0.688. The van der Waals surface area contributed by atoms with Crippen LogP contribution in [0.15, 0.2) is 36.5 Å². The minimum atomic E-state index is -0.571.